The molecule has 0 atom stereocenters. The van der Waals surface area contributed by atoms with E-state index in [0.717, 1.165) is 6.54 Å². The van der Waals surface area contributed by atoms with E-state index in [-0.39, 0.29) is 0 Å². The summed E-state index contributed by atoms with van der Waals surface area (Å²) in [6.45, 7) is 3.17. The zero-order chi connectivity index (χ0) is 5.98. The van der Waals surface area contributed by atoms with Crippen LogP contribution < -0.4 is 0 Å². The summed E-state index contributed by atoms with van der Waals surface area (Å²) < 4.78 is 0. The van der Waals surface area contributed by atoms with Gasteiger partial charge in [-0.2, -0.15) is 0 Å². The van der Waals surface area contributed by atoms with Gasteiger partial charge in [-0.25, -0.2) is 0 Å². The van der Waals surface area contributed by atoms with Crippen LogP contribution in [0.3, 0.4) is 0 Å². The zero-order valence-electron chi connectivity index (χ0n) is 5.39. The summed E-state index contributed by atoms with van der Waals surface area (Å²) in [5.74, 6) is 0. The summed E-state index contributed by atoms with van der Waals surface area (Å²) in [6.07, 6.45) is 6.42. The molecule has 8 heavy (non-hydrogen) atoms. The smallest absolute Gasteiger partial charge is 0.0356 e. The third kappa shape index (κ3) is 1.12. The van der Waals surface area contributed by atoms with E-state index in [1.165, 1.54) is 5.57 Å². The Balaban J connectivity index is 2.58. The molecule has 0 amide bonds. The van der Waals surface area contributed by atoms with Crippen molar-refractivity contribution in [3.05, 3.63) is 23.9 Å². The fourth-order valence-electron chi connectivity index (χ4n) is 0.662. The van der Waals surface area contributed by atoms with Gasteiger partial charge in [0, 0.05) is 13.6 Å². The van der Waals surface area contributed by atoms with Gasteiger partial charge in [-0.1, -0.05) is 11.6 Å². The highest BCUT2D eigenvalue weighted by molar-refractivity contribution is 5.19. The number of hydrogen-bond acceptors (Lipinski definition) is 1. The molecule has 0 bridgehead atoms. The van der Waals surface area contributed by atoms with E-state index in [2.05, 4.69) is 37.2 Å². The highest BCUT2D eigenvalue weighted by Gasteiger charge is 1.92. The highest BCUT2D eigenvalue weighted by Crippen LogP contribution is 2.02. The van der Waals surface area contributed by atoms with Crippen LogP contribution in [0.15, 0.2) is 23.9 Å². The third-order valence-electron chi connectivity index (χ3n) is 1.29. The van der Waals surface area contributed by atoms with Gasteiger partial charge in [0.1, 0.15) is 0 Å². The third-order valence-corrected chi connectivity index (χ3v) is 1.29. The first kappa shape index (κ1) is 5.42. The second-order valence-corrected chi connectivity index (χ2v) is 2.20. The van der Waals surface area contributed by atoms with E-state index in [0.29, 0.717) is 0 Å². The van der Waals surface area contributed by atoms with Crippen molar-refractivity contribution in [1.82, 2.24) is 4.90 Å². The first-order valence-electron chi connectivity index (χ1n) is 2.84. The van der Waals surface area contributed by atoms with Gasteiger partial charge in [0.15, 0.2) is 0 Å². The van der Waals surface area contributed by atoms with Crippen molar-refractivity contribution in [2.45, 2.75) is 6.92 Å². The van der Waals surface area contributed by atoms with Gasteiger partial charge in [0.2, 0.25) is 0 Å². The van der Waals surface area contributed by atoms with Crippen molar-refractivity contribution in [1.29, 1.82) is 0 Å². The molecular weight excluding hydrogens is 98.1 g/mol. The number of nitrogens with zero attached hydrogens (tertiary/aromatic N) is 1. The Morgan fingerprint density at radius 2 is 2.38 bits per heavy atom. The van der Waals surface area contributed by atoms with Crippen LogP contribution in [-0.4, -0.2) is 18.5 Å². The molecule has 1 rings (SSSR count). The predicted octanol–water partition coefficient (Wildman–Crippen LogP) is 1.39. The molecule has 0 saturated carbocycles. The highest BCUT2D eigenvalue weighted by atomic mass is 15.1. The molecule has 0 saturated heterocycles. The van der Waals surface area contributed by atoms with Gasteiger partial charge >= 0.3 is 0 Å². The minimum atomic E-state index is 1.06. The quantitative estimate of drug-likeness (QED) is 0.454. The Morgan fingerprint density at radius 1 is 1.62 bits per heavy atom. The Bertz CT molecular complexity index is 133. The Labute approximate surface area is 50.3 Å². The molecule has 0 unspecified atom stereocenters. The SMILES string of the molecule is CC1=CCN(C)C=C1. The van der Waals surface area contributed by atoms with Crippen LogP contribution in [0.25, 0.3) is 0 Å². The summed E-state index contributed by atoms with van der Waals surface area (Å²) in [7, 11) is 2.07. The molecule has 0 aromatic carbocycles. The summed E-state index contributed by atoms with van der Waals surface area (Å²) >= 11 is 0. The second-order valence-electron chi connectivity index (χ2n) is 2.20. The maximum atomic E-state index is 2.21. The minimum Gasteiger partial charge on any atom is -0.377 e. The van der Waals surface area contributed by atoms with Crippen molar-refractivity contribution in [2.24, 2.45) is 0 Å². The van der Waals surface area contributed by atoms with Gasteiger partial charge in [-0.3, -0.25) is 0 Å². The van der Waals surface area contributed by atoms with Crippen LogP contribution in [0.1, 0.15) is 6.92 Å². The van der Waals surface area contributed by atoms with E-state index in [1.54, 1.807) is 0 Å². The molecule has 0 aromatic heterocycles. The number of likely N-dealkylation sites (N-methyl/N-ethyl adjacent to an activating group) is 1. The van der Waals surface area contributed by atoms with Crippen molar-refractivity contribution in [3.63, 3.8) is 0 Å². The molecule has 0 N–H and O–H groups in total. The van der Waals surface area contributed by atoms with Crippen LogP contribution in [-0.2, 0) is 0 Å². The summed E-state index contributed by atoms with van der Waals surface area (Å²) in [5.41, 5.74) is 1.36. The van der Waals surface area contributed by atoms with Crippen LogP contribution in [0, 0.1) is 0 Å². The van der Waals surface area contributed by atoms with Gasteiger partial charge in [0.25, 0.3) is 0 Å². The molecule has 44 valence electrons. The number of rotatable bonds is 0. The van der Waals surface area contributed by atoms with E-state index in [4.69, 9.17) is 0 Å². The van der Waals surface area contributed by atoms with Crippen molar-refractivity contribution in [2.75, 3.05) is 13.6 Å². The lowest BCUT2D eigenvalue weighted by molar-refractivity contribution is 0.502. The van der Waals surface area contributed by atoms with Crippen LogP contribution in [0.4, 0.5) is 0 Å². The molecule has 0 aliphatic carbocycles. The summed E-state index contributed by atoms with van der Waals surface area (Å²) in [6, 6.07) is 0. The van der Waals surface area contributed by atoms with Gasteiger partial charge in [-0.15, -0.1) is 0 Å². The first-order valence-corrected chi connectivity index (χ1v) is 2.84. The van der Waals surface area contributed by atoms with E-state index in [9.17, 15) is 0 Å². The molecule has 0 spiro atoms. The van der Waals surface area contributed by atoms with Gasteiger partial charge < -0.3 is 4.90 Å². The average molecular weight is 109 g/mol. The monoisotopic (exact) mass is 109 g/mol. The maximum absolute atomic E-state index is 2.21. The maximum Gasteiger partial charge on any atom is 0.0356 e. The molecule has 1 heteroatoms. The molecule has 1 aliphatic heterocycles. The van der Waals surface area contributed by atoms with Gasteiger partial charge in [-0.05, 0) is 19.2 Å². The standard InChI is InChI=1S/C7H11N/c1-7-3-5-8(2)6-4-7/h3-5H,6H2,1-2H3. The first-order chi connectivity index (χ1) is 3.79. The predicted molar refractivity (Wildman–Crippen MR) is 35.5 cm³/mol. The van der Waals surface area contributed by atoms with E-state index < -0.39 is 0 Å². The van der Waals surface area contributed by atoms with E-state index >= 15 is 0 Å². The molecule has 0 radical (unpaired) electrons. The molecule has 1 heterocycles. The van der Waals surface area contributed by atoms with Crippen LogP contribution in [0.5, 0.6) is 0 Å². The molecule has 0 fully saturated rings. The zero-order valence-corrected chi connectivity index (χ0v) is 5.39. The normalized spacial score (nSPS) is 18.8. The Kier molecular flexibility index (Phi) is 1.38. The largest absolute Gasteiger partial charge is 0.377 e. The van der Waals surface area contributed by atoms with Crippen molar-refractivity contribution < 1.29 is 0 Å². The van der Waals surface area contributed by atoms with E-state index in [1.807, 2.05) is 0 Å². The molecule has 1 aliphatic rings. The number of hydrogen-bond donors (Lipinski definition) is 0. The molecular formula is C7H11N. The number of allylic oxidation sites excluding steroid dienone is 2. The summed E-state index contributed by atoms with van der Waals surface area (Å²) in [4.78, 5) is 2.15. The Morgan fingerprint density at radius 3 is 2.75 bits per heavy atom. The van der Waals surface area contributed by atoms with Gasteiger partial charge in [0.05, 0.1) is 0 Å². The minimum absolute atomic E-state index is 1.06. The van der Waals surface area contributed by atoms with Crippen LogP contribution >= 0.6 is 0 Å². The second kappa shape index (κ2) is 2.03. The fourth-order valence-corrected chi connectivity index (χ4v) is 0.662. The Hall–Kier alpha value is -0.720. The summed E-state index contributed by atoms with van der Waals surface area (Å²) in [5, 5.41) is 0. The molecule has 0 aromatic rings. The lowest BCUT2D eigenvalue weighted by atomic mass is 10.2. The average Bonchev–Trinajstić information content (AvgIpc) is 1.77. The van der Waals surface area contributed by atoms with Crippen molar-refractivity contribution in [3.8, 4) is 0 Å². The topological polar surface area (TPSA) is 3.24 Å². The van der Waals surface area contributed by atoms with Crippen LogP contribution in [0.2, 0.25) is 0 Å². The lowest BCUT2D eigenvalue weighted by Crippen LogP contribution is -2.12. The fraction of sp³-hybridized carbons (Fsp3) is 0.429. The lowest BCUT2D eigenvalue weighted by Gasteiger charge is -2.14. The molecule has 1 nitrogen and oxygen atoms in total. The van der Waals surface area contributed by atoms with Crippen molar-refractivity contribution >= 4 is 0 Å².